The molecule has 0 bridgehead atoms. The van der Waals surface area contributed by atoms with E-state index in [4.69, 9.17) is 4.74 Å². The average molecular weight is 342 g/mol. The van der Waals surface area contributed by atoms with Gasteiger partial charge < -0.3 is 20.1 Å². The van der Waals surface area contributed by atoms with Crippen LogP contribution in [0, 0.1) is 13.8 Å². The summed E-state index contributed by atoms with van der Waals surface area (Å²) in [6.07, 6.45) is 0. The number of amides is 2. The molecule has 2 N–H and O–H groups in total. The number of carbonyl (C=O) groups is 2. The number of rotatable bonds is 6. The van der Waals surface area contributed by atoms with Gasteiger partial charge in [-0.25, -0.2) is 9.59 Å². The fourth-order valence-electron chi connectivity index (χ4n) is 2.15. The highest BCUT2D eigenvalue weighted by molar-refractivity contribution is 5.93. The normalized spacial score (nSPS) is 10.0. The molecule has 0 atom stereocenters. The molecule has 6 heteroatoms. The standard InChI is InChI=1S/C19H22N2O4/c1-13-7-8-17(11-14(13)2)25-10-9-20-19(23)21-16-6-4-5-15(12-16)18(22)24-3/h4-8,11-12H,9-10H2,1-3H3,(H2,20,21,23). The highest BCUT2D eigenvalue weighted by atomic mass is 16.5. The van der Waals surface area contributed by atoms with Gasteiger partial charge in [-0.1, -0.05) is 12.1 Å². The molecule has 0 aromatic heterocycles. The maximum Gasteiger partial charge on any atom is 0.337 e. The van der Waals surface area contributed by atoms with Crippen molar-refractivity contribution >= 4 is 17.7 Å². The van der Waals surface area contributed by atoms with Crippen LogP contribution >= 0.6 is 0 Å². The van der Waals surface area contributed by atoms with Crippen molar-refractivity contribution in [2.24, 2.45) is 0 Å². The molecule has 0 fully saturated rings. The molecule has 2 rings (SSSR count). The lowest BCUT2D eigenvalue weighted by atomic mass is 10.1. The number of benzene rings is 2. The Balaban J connectivity index is 1.77. The van der Waals surface area contributed by atoms with Crippen molar-refractivity contribution in [2.75, 3.05) is 25.6 Å². The number of nitrogens with one attached hydrogen (secondary N) is 2. The van der Waals surface area contributed by atoms with Gasteiger partial charge in [0.25, 0.3) is 0 Å². The highest BCUT2D eigenvalue weighted by Crippen LogP contribution is 2.16. The van der Waals surface area contributed by atoms with Crippen LogP contribution in [0.4, 0.5) is 10.5 Å². The predicted octanol–water partition coefficient (Wildman–Crippen LogP) is 3.29. The lowest BCUT2D eigenvalue weighted by Gasteiger charge is -2.10. The molecule has 0 heterocycles. The third kappa shape index (κ3) is 5.53. The van der Waals surface area contributed by atoms with Crippen LogP contribution in [0.5, 0.6) is 5.75 Å². The molecular weight excluding hydrogens is 320 g/mol. The summed E-state index contributed by atoms with van der Waals surface area (Å²) in [5, 5.41) is 5.36. The first kappa shape index (κ1) is 18.3. The third-order valence-electron chi connectivity index (χ3n) is 3.68. The van der Waals surface area contributed by atoms with Crippen molar-refractivity contribution in [3.05, 3.63) is 59.2 Å². The first-order chi connectivity index (χ1) is 12.0. The molecule has 132 valence electrons. The van der Waals surface area contributed by atoms with Crippen molar-refractivity contribution in [2.45, 2.75) is 13.8 Å². The molecule has 2 amide bonds. The summed E-state index contributed by atoms with van der Waals surface area (Å²) < 4.78 is 10.3. The fraction of sp³-hybridized carbons (Fsp3) is 0.263. The summed E-state index contributed by atoms with van der Waals surface area (Å²) in [5.74, 6) is 0.321. The van der Waals surface area contributed by atoms with E-state index in [0.29, 0.717) is 24.4 Å². The Kier molecular flexibility index (Phi) is 6.39. The van der Waals surface area contributed by atoms with Crippen LogP contribution < -0.4 is 15.4 Å². The number of hydrogen-bond donors (Lipinski definition) is 2. The van der Waals surface area contributed by atoms with E-state index in [0.717, 1.165) is 11.3 Å². The van der Waals surface area contributed by atoms with Gasteiger partial charge in [-0.05, 0) is 55.3 Å². The van der Waals surface area contributed by atoms with Gasteiger partial charge in [-0.2, -0.15) is 0 Å². The van der Waals surface area contributed by atoms with E-state index in [1.54, 1.807) is 24.3 Å². The maximum absolute atomic E-state index is 11.9. The molecule has 0 saturated heterocycles. The number of carbonyl (C=O) groups excluding carboxylic acids is 2. The van der Waals surface area contributed by atoms with E-state index in [-0.39, 0.29) is 6.03 Å². The van der Waals surface area contributed by atoms with E-state index in [9.17, 15) is 9.59 Å². The molecule has 0 radical (unpaired) electrons. The van der Waals surface area contributed by atoms with E-state index in [2.05, 4.69) is 15.4 Å². The molecule has 6 nitrogen and oxygen atoms in total. The van der Waals surface area contributed by atoms with Crippen LogP contribution in [0.15, 0.2) is 42.5 Å². The monoisotopic (exact) mass is 342 g/mol. The Hall–Kier alpha value is -3.02. The van der Waals surface area contributed by atoms with Crippen molar-refractivity contribution in [1.29, 1.82) is 0 Å². The summed E-state index contributed by atoms with van der Waals surface area (Å²) in [6, 6.07) is 12.0. The molecule has 2 aromatic carbocycles. The van der Waals surface area contributed by atoms with E-state index >= 15 is 0 Å². The quantitative estimate of drug-likeness (QED) is 0.624. The molecule has 2 aromatic rings. The van der Waals surface area contributed by atoms with Gasteiger partial charge in [-0.3, -0.25) is 0 Å². The summed E-state index contributed by atoms with van der Waals surface area (Å²) in [5.41, 5.74) is 3.25. The van der Waals surface area contributed by atoms with Crippen molar-refractivity contribution in [3.8, 4) is 5.75 Å². The number of ether oxygens (including phenoxy) is 2. The van der Waals surface area contributed by atoms with Crippen molar-refractivity contribution in [1.82, 2.24) is 5.32 Å². The number of aryl methyl sites for hydroxylation is 2. The first-order valence-electron chi connectivity index (χ1n) is 7.93. The zero-order chi connectivity index (χ0) is 18.2. The van der Waals surface area contributed by atoms with Crippen LogP contribution in [0.1, 0.15) is 21.5 Å². The predicted molar refractivity (Wildman–Crippen MR) is 96.2 cm³/mol. The summed E-state index contributed by atoms with van der Waals surface area (Å²) in [4.78, 5) is 23.4. The molecule has 0 aliphatic heterocycles. The Bertz CT molecular complexity index is 759. The van der Waals surface area contributed by atoms with Crippen LogP contribution in [0.2, 0.25) is 0 Å². The molecule has 25 heavy (non-hydrogen) atoms. The number of urea groups is 1. The summed E-state index contributed by atoms with van der Waals surface area (Å²) in [6.45, 7) is 4.78. The zero-order valence-corrected chi connectivity index (χ0v) is 14.6. The second kappa shape index (κ2) is 8.73. The zero-order valence-electron chi connectivity index (χ0n) is 14.6. The number of esters is 1. The summed E-state index contributed by atoms with van der Waals surface area (Å²) in [7, 11) is 1.31. The van der Waals surface area contributed by atoms with Gasteiger partial charge >= 0.3 is 12.0 Å². The second-order valence-electron chi connectivity index (χ2n) is 5.55. The fourth-order valence-corrected chi connectivity index (χ4v) is 2.15. The van der Waals surface area contributed by atoms with E-state index in [1.165, 1.54) is 12.7 Å². The number of anilines is 1. The minimum absolute atomic E-state index is 0.357. The Morgan fingerprint density at radius 2 is 1.84 bits per heavy atom. The van der Waals surface area contributed by atoms with Gasteiger partial charge in [0, 0.05) is 5.69 Å². The minimum atomic E-state index is -0.453. The Morgan fingerprint density at radius 1 is 1.04 bits per heavy atom. The maximum atomic E-state index is 11.9. The van der Waals surface area contributed by atoms with Crippen molar-refractivity contribution in [3.63, 3.8) is 0 Å². The Labute approximate surface area is 147 Å². The van der Waals surface area contributed by atoms with Crippen LogP contribution in [-0.4, -0.2) is 32.3 Å². The first-order valence-corrected chi connectivity index (χ1v) is 7.93. The lowest BCUT2D eigenvalue weighted by molar-refractivity contribution is 0.0600. The topological polar surface area (TPSA) is 76.7 Å². The Morgan fingerprint density at radius 3 is 2.56 bits per heavy atom. The number of hydrogen-bond acceptors (Lipinski definition) is 4. The largest absolute Gasteiger partial charge is 0.492 e. The van der Waals surface area contributed by atoms with Crippen LogP contribution in [0.25, 0.3) is 0 Å². The molecule has 0 spiro atoms. The van der Waals surface area contributed by atoms with Gasteiger partial charge in [0.2, 0.25) is 0 Å². The van der Waals surface area contributed by atoms with Gasteiger partial charge in [0.05, 0.1) is 19.2 Å². The molecule has 0 unspecified atom stereocenters. The summed E-state index contributed by atoms with van der Waals surface area (Å²) >= 11 is 0. The third-order valence-corrected chi connectivity index (χ3v) is 3.68. The van der Waals surface area contributed by atoms with Gasteiger partial charge in [-0.15, -0.1) is 0 Å². The SMILES string of the molecule is COC(=O)c1cccc(NC(=O)NCCOc2ccc(C)c(C)c2)c1. The average Bonchev–Trinajstić information content (AvgIpc) is 2.61. The molecular formula is C19H22N2O4. The van der Waals surface area contributed by atoms with Crippen molar-refractivity contribution < 1.29 is 19.1 Å². The minimum Gasteiger partial charge on any atom is -0.492 e. The van der Waals surface area contributed by atoms with Crippen LogP contribution in [-0.2, 0) is 4.74 Å². The molecule has 0 aliphatic carbocycles. The molecule has 0 aliphatic rings. The van der Waals surface area contributed by atoms with E-state index < -0.39 is 5.97 Å². The smallest absolute Gasteiger partial charge is 0.337 e. The second-order valence-corrected chi connectivity index (χ2v) is 5.55. The van der Waals surface area contributed by atoms with Gasteiger partial charge in [0.15, 0.2) is 0 Å². The number of methoxy groups -OCH3 is 1. The molecule has 0 saturated carbocycles. The van der Waals surface area contributed by atoms with Gasteiger partial charge in [0.1, 0.15) is 12.4 Å². The highest BCUT2D eigenvalue weighted by Gasteiger charge is 2.07. The van der Waals surface area contributed by atoms with E-state index in [1.807, 2.05) is 32.0 Å². The lowest BCUT2D eigenvalue weighted by Crippen LogP contribution is -2.32. The van der Waals surface area contributed by atoms with Crippen LogP contribution in [0.3, 0.4) is 0 Å².